The quantitative estimate of drug-likeness (QED) is 0.266. The maximum Gasteiger partial charge on any atom is 1.00 e. The fraction of sp³-hybridized carbons (Fsp3) is 0.692. The number of aryl methyl sites for hydroxylation is 1. The van der Waals surface area contributed by atoms with Gasteiger partial charge in [-0.2, -0.15) is 0 Å². The van der Waals surface area contributed by atoms with Gasteiger partial charge in [-0.3, -0.25) is 4.79 Å². The van der Waals surface area contributed by atoms with Crippen LogP contribution in [0.5, 0.6) is 0 Å². The molecule has 170 valence electrons. The zero-order chi connectivity index (χ0) is 22.0. The monoisotopic (exact) mass is 439 g/mol. The van der Waals surface area contributed by atoms with Crippen LogP contribution in [0.2, 0.25) is 0 Å². The van der Waals surface area contributed by atoms with Crippen LogP contribution in [0.15, 0.2) is 18.2 Å². The van der Waals surface area contributed by atoms with E-state index in [1.807, 2.05) is 0 Å². The van der Waals surface area contributed by atoms with Crippen LogP contribution >= 0.6 is 0 Å². The summed E-state index contributed by atoms with van der Waals surface area (Å²) < 4.78 is 0. The minimum atomic E-state index is -1.20. The van der Waals surface area contributed by atoms with E-state index in [1.165, 1.54) is 102 Å². The van der Waals surface area contributed by atoms with E-state index in [0.29, 0.717) is 17.5 Å². The molecule has 0 aliphatic rings. The van der Waals surface area contributed by atoms with Gasteiger partial charge in [0.25, 0.3) is 0 Å². The number of amides is 1. The number of nitrogens with two attached hydrogens (primary N) is 1. The maximum absolute atomic E-state index is 11.3. The molecule has 5 heteroatoms. The predicted molar refractivity (Wildman–Crippen MR) is 123 cm³/mol. The SMILES string of the molecule is CCCCCCCCCCCCCCCCCCc1cc(C(N)=O)ccc1C(=O)[O-].[Na+]. The van der Waals surface area contributed by atoms with Gasteiger partial charge in [0.05, 0.1) is 5.97 Å². The van der Waals surface area contributed by atoms with E-state index in [-0.39, 0.29) is 35.1 Å². The third-order valence-electron chi connectivity index (χ3n) is 5.91. The molecule has 0 saturated carbocycles. The zero-order valence-corrected chi connectivity index (χ0v) is 22.1. The van der Waals surface area contributed by atoms with Gasteiger partial charge in [0.2, 0.25) is 5.91 Å². The van der Waals surface area contributed by atoms with Crippen LogP contribution in [-0.4, -0.2) is 11.9 Å². The number of unbranched alkanes of at least 4 members (excludes halogenated alkanes) is 15. The number of benzene rings is 1. The van der Waals surface area contributed by atoms with E-state index in [9.17, 15) is 14.7 Å². The first-order valence-corrected chi connectivity index (χ1v) is 12.2. The third-order valence-corrected chi connectivity index (χ3v) is 5.91. The summed E-state index contributed by atoms with van der Waals surface area (Å²) in [6, 6.07) is 4.47. The molecular weight excluding hydrogens is 397 g/mol. The summed E-state index contributed by atoms with van der Waals surface area (Å²) in [5.41, 5.74) is 6.47. The molecule has 31 heavy (non-hydrogen) atoms. The van der Waals surface area contributed by atoms with Crippen molar-refractivity contribution < 1.29 is 44.3 Å². The average molecular weight is 440 g/mol. The molecule has 4 nitrogen and oxygen atoms in total. The van der Waals surface area contributed by atoms with E-state index in [0.717, 1.165) is 12.8 Å². The van der Waals surface area contributed by atoms with E-state index in [1.54, 1.807) is 6.07 Å². The number of carboxylic acids is 1. The Bertz CT molecular complexity index is 619. The van der Waals surface area contributed by atoms with E-state index in [2.05, 4.69) is 6.92 Å². The standard InChI is InChI=1S/C26H43NO3.Na/c1-2-3-4-5-6-7-8-9-10-11-12-13-14-15-16-17-18-22-21-23(25(27)28)19-20-24(22)26(29)30;/h19-21H,2-18H2,1H3,(H2,27,28)(H,29,30);/q;+1/p-1. The Hall–Kier alpha value is -0.840. The number of carboxylic acid groups (broad SMARTS) is 1. The van der Waals surface area contributed by atoms with Crippen molar-refractivity contribution in [3.05, 3.63) is 34.9 Å². The zero-order valence-electron chi connectivity index (χ0n) is 20.1. The Kier molecular flexibility index (Phi) is 19.3. The number of hydrogen-bond donors (Lipinski definition) is 1. The molecule has 0 aromatic heterocycles. The second-order valence-electron chi connectivity index (χ2n) is 8.58. The summed E-state index contributed by atoms with van der Waals surface area (Å²) in [6.45, 7) is 2.27. The van der Waals surface area contributed by atoms with Crippen LogP contribution in [0.4, 0.5) is 0 Å². The molecule has 0 aliphatic heterocycles. The molecule has 0 atom stereocenters. The van der Waals surface area contributed by atoms with Gasteiger partial charge >= 0.3 is 29.6 Å². The van der Waals surface area contributed by atoms with Gasteiger partial charge in [-0.15, -0.1) is 0 Å². The van der Waals surface area contributed by atoms with Crippen molar-refractivity contribution in [1.29, 1.82) is 0 Å². The Labute approximate surface area is 212 Å². The Balaban J connectivity index is 0.00000900. The van der Waals surface area contributed by atoms with Gasteiger partial charge < -0.3 is 15.6 Å². The van der Waals surface area contributed by atoms with Crippen molar-refractivity contribution in [1.82, 2.24) is 0 Å². The van der Waals surface area contributed by atoms with E-state index >= 15 is 0 Å². The molecule has 1 amide bonds. The van der Waals surface area contributed by atoms with Crippen molar-refractivity contribution in [3.8, 4) is 0 Å². The first kappa shape index (κ1) is 30.2. The number of carbonyl (C=O) groups excluding carboxylic acids is 2. The van der Waals surface area contributed by atoms with Gasteiger partial charge in [-0.05, 0) is 30.5 Å². The normalized spacial score (nSPS) is 10.6. The Morgan fingerprint density at radius 1 is 0.742 bits per heavy atom. The second-order valence-corrected chi connectivity index (χ2v) is 8.58. The number of aromatic carboxylic acids is 1. The maximum atomic E-state index is 11.3. The van der Waals surface area contributed by atoms with E-state index < -0.39 is 11.9 Å². The van der Waals surface area contributed by atoms with Crippen LogP contribution in [0.1, 0.15) is 136 Å². The largest absolute Gasteiger partial charge is 1.00 e. The minimum Gasteiger partial charge on any atom is -0.545 e. The average Bonchev–Trinajstić information content (AvgIpc) is 2.73. The van der Waals surface area contributed by atoms with Crippen LogP contribution in [-0.2, 0) is 6.42 Å². The molecule has 0 aliphatic carbocycles. The summed E-state index contributed by atoms with van der Waals surface area (Å²) in [5.74, 6) is -1.73. The molecule has 2 N–H and O–H groups in total. The topological polar surface area (TPSA) is 83.2 Å². The Morgan fingerprint density at radius 2 is 1.16 bits per heavy atom. The van der Waals surface area contributed by atoms with Gasteiger partial charge in [0, 0.05) is 11.1 Å². The van der Waals surface area contributed by atoms with Gasteiger partial charge in [-0.25, -0.2) is 0 Å². The summed E-state index contributed by atoms with van der Waals surface area (Å²) in [6.07, 6.45) is 21.5. The van der Waals surface area contributed by atoms with Gasteiger partial charge in [-0.1, -0.05) is 109 Å². The second kappa shape index (κ2) is 19.8. The minimum absolute atomic E-state index is 0. The van der Waals surface area contributed by atoms with Gasteiger partial charge in [0.15, 0.2) is 0 Å². The molecule has 0 heterocycles. The fourth-order valence-corrected chi connectivity index (χ4v) is 4.02. The van der Waals surface area contributed by atoms with Crippen LogP contribution < -0.4 is 40.4 Å². The summed E-state index contributed by atoms with van der Waals surface area (Å²) >= 11 is 0. The van der Waals surface area contributed by atoms with Crippen LogP contribution in [0, 0.1) is 0 Å². The van der Waals surface area contributed by atoms with Crippen molar-refractivity contribution in [2.24, 2.45) is 5.73 Å². The molecule has 0 saturated heterocycles. The van der Waals surface area contributed by atoms with Crippen molar-refractivity contribution >= 4 is 11.9 Å². The number of hydrogen-bond acceptors (Lipinski definition) is 3. The molecular formula is C26H42NNaO3. The number of rotatable bonds is 19. The third kappa shape index (κ3) is 14.8. The van der Waals surface area contributed by atoms with Crippen molar-refractivity contribution in [3.63, 3.8) is 0 Å². The molecule has 0 bridgehead atoms. The van der Waals surface area contributed by atoms with Crippen molar-refractivity contribution in [2.75, 3.05) is 0 Å². The number of primary amides is 1. The smallest absolute Gasteiger partial charge is 0.545 e. The molecule has 1 rings (SSSR count). The van der Waals surface area contributed by atoms with E-state index in [4.69, 9.17) is 5.73 Å². The summed E-state index contributed by atoms with van der Waals surface area (Å²) in [7, 11) is 0. The summed E-state index contributed by atoms with van der Waals surface area (Å²) in [5, 5.41) is 11.2. The fourth-order valence-electron chi connectivity index (χ4n) is 4.02. The predicted octanol–water partition coefficient (Wildman–Crippen LogP) is 2.96. The molecule has 1 aromatic carbocycles. The molecule has 0 unspecified atom stereocenters. The molecule has 0 radical (unpaired) electrons. The Morgan fingerprint density at radius 3 is 1.55 bits per heavy atom. The molecule has 1 aromatic rings. The first-order chi connectivity index (χ1) is 14.6. The van der Waals surface area contributed by atoms with Crippen LogP contribution in [0.3, 0.4) is 0 Å². The molecule has 0 spiro atoms. The first-order valence-electron chi connectivity index (χ1n) is 12.2. The number of carbonyl (C=O) groups is 2. The van der Waals surface area contributed by atoms with Gasteiger partial charge in [0.1, 0.15) is 0 Å². The molecule has 0 fully saturated rings. The summed E-state index contributed by atoms with van der Waals surface area (Å²) in [4.78, 5) is 22.6. The van der Waals surface area contributed by atoms with Crippen LogP contribution in [0.25, 0.3) is 0 Å². The van der Waals surface area contributed by atoms with Crippen molar-refractivity contribution in [2.45, 2.75) is 116 Å².